The summed E-state index contributed by atoms with van der Waals surface area (Å²) in [7, 11) is 0. The predicted molar refractivity (Wildman–Crippen MR) is 64.1 cm³/mol. The van der Waals surface area contributed by atoms with E-state index in [2.05, 4.69) is 10.1 Å². The zero-order chi connectivity index (χ0) is 11.8. The maximum absolute atomic E-state index is 11.8. The molecule has 0 bridgehead atoms. The van der Waals surface area contributed by atoms with E-state index >= 15 is 0 Å². The van der Waals surface area contributed by atoms with Crippen molar-refractivity contribution < 1.29 is 0 Å². The van der Waals surface area contributed by atoms with Gasteiger partial charge in [-0.05, 0) is 5.56 Å². The van der Waals surface area contributed by atoms with Crippen LogP contribution in [0.1, 0.15) is 0 Å². The first-order valence-corrected chi connectivity index (χ1v) is 5.14. The molecule has 2 heterocycles. The molecule has 0 amide bonds. The molecule has 5 nitrogen and oxygen atoms in total. The van der Waals surface area contributed by atoms with Gasteiger partial charge < -0.3 is 4.98 Å². The Morgan fingerprint density at radius 3 is 2.53 bits per heavy atom. The summed E-state index contributed by atoms with van der Waals surface area (Å²) in [6.07, 6.45) is 0. The van der Waals surface area contributed by atoms with E-state index in [0.717, 1.165) is 5.56 Å². The fourth-order valence-corrected chi connectivity index (χ4v) is 1.79. The van der Waals surface area contributed by atoms with Crippen LogP contribution in [0.15, 0.2) is 52.1 Å². The topological polar surface area (TPSA) is 70.1 Å². The number of rotatable bonds is 1. The number of hydrogen-bond acceptors (Lipinski definition) is 2. The fraction of sp³-hybridized carbons (Fsp3) is 0. The minimum Gasteiger partial charge on any atom is -0.339 e. The number of H-pyrrole nitrogens is 2. The highest BCUT2D eigenvalue weighted by atomic mass is 16.1. The molecule has 17 heavy (non-hydrogen) atoms. The Morgan fingerprint density at radius 2 is 1.76 bits per heavy atom. The molecule has 0 unspecified atom stereocenters. The molecule has 0 radical (unpaired) electrons. The highest BCUT2D eigenvalue weighted by molar-refractivity contribution is 5.60. The first-order valence-electron chi connectivity index (χ1n) is 5.14. The summed E-state index contributed by atoms with van der Waals surface area (Å²) in [5, 5.41) is 2.42. The standard InChI is InChI=1S/C12H9N3O2/c16-11-7-10-13-9(6-12(17)15(10)14-11)8-4-2-1-3-5-8/h1-7,13H,(H,14,16). The molecule has 0 aliphatic heterocycles. The minimum absolute atomic E-state index is 0.264. The molecular formula is C12H9N3O2. The molecule has 3 aromatic rings. The summed E-state index contributed by atoms with van der Waals surface area (Å²) in [4.78, 5) is 25.9. The number of aromatic amines is 2. The lowest BCUT2D eigenvalue weighted by Crippen LogP contribution is -2.15. The van der Waals surface area contributed by atoms with Gasteiger partial charge in [0.2, 0.25) is 0 Å². The van der Waals surface area contributed by atoms with Crippen LogP contribution in [0.5, 0.6) is 0 Å². The van der Waals surface area contributed by atoms with Crippen LogP contribution in [0.25, 0.3) is 16.9 Å². The smallest absolute Gasteiger partial charge is 0.273 e. The van der Waals surface area contributed by atoms with Gasteiger partial charge in [0.15, 0.2) is 0 Å². The lowest BCUT2D eigenvalue weighted by molar-refractivity contribution is 0.884. The van der Waals surface area contributed by atoms with Crippen molar-refractivity contribution in [2.45, 2.75) is 0 Å². The molecule has 3 rings (SSSR count). The summed E-state index contributed by atoms with van der Waals surface area (Å²) in [5.74, 6) is 0. The molecule has 0 aliphatic carbocycles. The van der Waals surface area contributed by atoms with Crippen molar-refractivity contribution >= 4 is 5.65 Å². The minimum atomic E-state index is -0.302. The summed E-state index contributed by atoms with van der Waals surface area (Å²) >= 11 is 0. The Balaban J connectivity index is 2.33. The van der Waals surface area contributed by atoms with E-state index in [1.54, 1.807) is 0 Å². The van der Waals surface area contributed by atoms with E-state index in [-0.39, 0.29) is 11.1 Å². The highest BCUT2D eigenvalue weighted by Gasteiger charge is 2.04. The van der Waals surface area contributed by atoms with E-state index in [9.17, 15) is 9.59 Å². The van der Waals surface area contributed by atoms with Crippen LogP contribution in [0, 0.1) is 0 Å². The highest BCUT2D eigenvalue weighted by Crippen LogP contribution is 2.14. The first-order chi connectivity index (χ1) is 8.24. The van der Waals surface area contributed by atoms with Crippen LogP contribution < -0.4 is 11.1 Å². The van der Waals surface area contributed by atoms with Gasteiger partial charge in [-0.15, -0.1) is 0 Å². The zero-order valence-corrected chi connectivity index (χ0v) is 8.81. The van der Waals surface area contributed by atoms with E-state index < -0.39 is 0 Å². The van der Waals surface area contributed by atoms with Gasteiger partial charge in [-0.3, -0.25) is 14.7 Å². The second-order valence-electron chi connectivity index (χ2n) is 3.73. The molecule has 0 atom stereocenters. The molecule has 0 saturated carbocycles. The summed E-state index contributed by atoms with van der Waals surface area (Å²) in [6, 6.07) is 12.3. The number of fused-ring (bicyclic) bond motifs is 1. The molecular weight excluding hydrogens is 218 g/mol. The average Bonchev–Trinajstić information content (AvgIpc) is 2.71. The molecule has 2 N–H and O–H groups in total. The Morgan fingerprint density at radius 1 is 1.00 bits per heavy atom. The molecule has 0 fully saturated rings. The molecule has 84 valence electrons. The van der Waals surface area contributed by atoms with E-state index in [1.165, 1.54) is 16.6 Å². The molecule has 0 saturated heterocycles. The number of benzene rings is 1. The SMILES string of the molecule is O=c1cc2[nH]c(-c3ccccc3)cc(=O)n2[nH]1. The molecule has 5 heteroatoms. The number of hydrogen-bond donors (Lipinski definition) is 2. The normalized spacial score (nSPS) is 10.8. The van der Waals surface area contributed by atoms with Crippen LogP contribution in [-0.2, 0) is 0 Å². The fourth-order valence-electron chi connectivity index (χ4n) is 1.79. The van der Waals surface area contributed by atoms with Crippen LogP contribution in [-0.4, -0.2) is 14.6 Å². The summed E-state index contributed by atoms with van der Waals surface area (Å²) < 4.78 is 1.19. The van der Waals surface area contributed by atoms with Crippen molar-refractivity contribution in [1.29, 1.82) is 0 Å². The maximum Gasteiger partial charge on any atom is 0.273 e. The van der Waals surface area contributed by atoms with Crippen LogP contribution >= 0.6 is 0 Å². The predicted octanol–water partition coefficient (Wildman–Crippen LogP) is 0.983. The van der Waals surface area contributed by atoms with Gasteiger partial charge in [0, 0.05) is 12.1 Å². The monoisotopic (exact) mass is 227 g/mol. The van der Waals surface area contributed by atoms with Gasteiger partial charge in [-0.25, -0.2) is 4.52 Å². The quantitative estimate of drug-likeness (QED) is 0.650. The van der Waals surface area contributed by atoms with Crippen LogP contribution in [0.2, 0.25) is 0 Å². The van der Waals surface area contributed by atoms with Crippen LogP contribution in [0.3, 0.4) is 0 Å². The number of aromatic nitrogens is 3. The zero-order valence-electron chi connectivity index (χ0n) is 8.81. The molecule has 0 aliphatic rings. The van der Waals surface area contributed by atoms with Gasteiger partial charge in [-0.2, -0.15) is 0 Å². The van der Waals surface area contributed by atoms with Gasteiger partial charge in [-0.1, -0.05) is 30.3 Å². The molecule has 2 aromatic heterocycles. The van der Waals surface area contributed by atoms with Crippen LogP contribution in [0.4, 0.5) is 0 Å². The molecule has 1 aromatic carbocycles. The lowest BCUT2D eigenvalue weighted by Gasteiger charge is -2.02. The summed E-state index contributed by atoms with van der Waals surface area (Å²) in [5.41, 5.74) is 1.49. The van der Waals surface area contributed by atoms with Gasteiger partial charge >= 0.3 is 0 Å². The Hall–Kier alpha value is -2.56. The average molecular weight is 227 g/mol. The number of nitrogens with one attached hydrogen (secondary N) is 2. The Labute approximate surface area is 95.3 Å². The molecule has 0 spiro atoms. The van der Waals surface area contributed by atoms with E-state index in [0.29, 0.717) is 11.3 Å². The van der Waals surface area contributed by atoms with Gasteiger partial charge in [0.25, 0.3) is 11.1 Å². The van der Waals surface area contributed by atoms with Crippen molar-refractivity contribution in [3.63, 3.8) is 0 Å². The maximum atomic E-state index is 11.8. The first kappa shape index (κ1) is 9.65. The third-order valence-electron chi connectivity index (χ3n) is 2.57. The lowest BCUT2D eigenvalue weighted by atomic mass is 10.1. The second-order valence-corrected chi connectivity index (χ2v) is 3.73. The van der Waals surface area contributed by atoms with Gasteiger partial charge in [0.1, 0.15) is 5.65 Å². The summed E-state index contributed by atoms with van der Waals surface area (Å²) in [6.45, 7) is 0. The Kier molecular flexibility index (Phi) is 1.98. The largest absolute Gasteiger partial charge is 0.339 e. The van der Waals surface area contributed by atoms with Crippen molar-refractivity contribution in [3.8, 4) is 11.3 Å². The van der Waals surface area contributed by atoms with Gasteiger partial charge in [0.05, 0.1) is 5.69 Å². The second kappa shape index (κ2) is 3.48. The van der Waals surface area contributed by atoms with Crippen molar-refractivity contribution in [2.75, 3.05) is 0 Å². The van der Waals surface area contributed by atoms with Crippen molar-refractivity contribution in [1.82, 2.24) is 14.6 Å². The third-order valence-corrected chi connectivity index (χ3v) is 2.57. The van der Waals surface area contributed by atoms with E-state index in [4.69, 9.17) is 0 Å². The van der Waals surface area contributed by atoms with Crippen molar-refractivity contribution in [2.24, 2.45) is 0 Å². The Bertz CT molecular complexity index is 781. The number of nitrogens with zero attached hydrogens (tertiary/aromatic N) is 1. The van der Waals surface area contributed by atoms with E-state index in [1.807, 2.05) is 30.3 Å². The van der Waals surface area contributed by atoms with Crippen molar-refractivity contribution in [3.05, 3.63) is 63.2 Å². The third kappa shape index (κ3) is 1.57.